The molecule has 3 rings (SSSR count). The van der Waals surface area contributed by atoms with Crippen LogP contribution in [0.15, 0.2) is 18.5 Å². The van der Waals surface area contributed by atoms with Crippen LogP contribution in [-0.4, -0.2) is 57.9 Å². The molecule has 0 aromatic carbocycles. The van der Waals surface area contributed by atoms with Gasteiger partial charge in [0, 0.05) is 25.5 Å². The fourth-order valence-corrected chi connectivity index (χ4v) is 3.60. The quantitative estimate of drug-likeness (QED) is 0.911. The van der Waals surface area contributed by atoms with E-state index in [1.54, 1.807) is 6.20 Å². The van der Waals surface area contributed by atoms with Crippen molar-refractivity contribution in [2.75, 3.05) is 19.7 Å². The van der Waals surface area contributed by atoms with E-state index in [2.05, 4.69) is 9.84 Å². The van der Waals surface area contributed by atoms with Crippen molar-refractivity contribution >= 4 is 6.09 Å². The highest BCUT2D eigenvalue weighted by Gasteiger charge is 2.48. The molecular formula is C15H20F3N3O3. The number of amides is 1. The minimum Gasteiger partial charge on any atom is -0.434 e. The second-order valence-electron chi connectivity index (χ2n) is 6.63. The average Bonchev–Trinajstić information content (AvgIpc) is 3.03. The van der Waals surface area contributed by atoms with E-state index in [0.29, 0.717) is 19.1 Å². The molecule has 134 valence electrons. The first-order valence-electron chi connectivity index (χ1n) is 7.95. The van der Waals surface area contributed by atoms with Gasteiger partial charge in [0.25, 0.3) is 0 Å². The molecular weight excluding hydrogens is 327 g/mol. The molecule has 1 saturated heterocycles. The molecule has 2 fully saturated rings. The molecule has 1 N–H and O–H groups in total. The molecule has 6 nitrogen and oxygen atoms in total. The average molecular weight is 347 g/mol. The molecule has 2 heterocycles. The lowest BCUT2D eigenvalue weighted by Crippen LogP contribution is -2.50. The zero-order valence-corrected chi connectivity index (χ0v) is 13.1. The summed E-state index contributed by atoms with van der Waals surface area (Å²) in [5.74, 6) is 0. The molecule has 24 heavy (non-hydrogen) atoms. The maximum atomic E-state index is 12.5. The van der Waals surface area contributed by atoms with Gasteiger partial charge in [-0.05, 0) is 37.2 Å². The van der Waals surface area contributed by atoms with Crippen molar-refractivity contribution in [3.05, 3.63) is 18.5 Å². The number of carbonyl (C=O) groups excluding carboxylic acids is 1. The van der Waals surface area contributed by atoms with Crippen molar-refractivity contribution in [1.82, 2.24) is 14.7 Å². The summed E-state index contributed by atoms with van der Waals surface area (Å²) in [6.07, 6.45) is -1.13. The third-order valence-electron chi connectivity index (χ3n) is 5.09. The monoisotopic (exact) mass is 347 g/mol. The van der Waals surface area contributed by atoms with Crippen LogP contribution >= 0.6 is 0 Å². The predicted octanol–water partition coefficient (Wildman–Crippen LogP) is 2.36. The van der Waals surface area contributed by atoms with Crippen LogP contribution in [0.2, 0.25) is 0 Å². The zero-order chi connectivity index (χ0) is 17.4. The number of aromatic nitrogens is 2. The summed E-state index contributed by atoms with van der Waals surface area (Å²) in [4.78, 5) is 13.2. The summed E-state index contributed by atoms with van der Waals surface area (Å²) in [6.45, 7) is -0.514. The molecule has 0 bridgehead atoms. The first-order chi connectivity index (χ1) is 11.3. The van der Waals surface area contributed by atoms with Crippen LogP contribution in [-0.2, 0) is 4.74 Å². The highest BCUT2D eigenvalue weighted by Crippen LogP contribution is 2.54. The van der Waals surface area contributed by atoms with Gasteiger partial charge in [0.05, 0.1) is 12.6 Å². The van der Waals surface area contributed by atoms with Gasteiger partial charge in [-0.25, -0.2) is 4.79 Å². The standard InChI is InChI=1S/C15H20F3N3O3/c16-15(17,18)12(10-22)24-13(23)20-6-2-14(3-7-20)8-11(9-14)21-5-1-4-19-21/h1,4-5,11-12,22H,2-3,6-10H2/t12-/m1/s1. The molecule has 1 spiro atoms. The van der Waals surface area contributed by atoms with Gasteiger partial charge in [-0.3, -0.25) is 4.68 Å². The smallest absolute Gasteiger partial charge is 0.427 e. The lowest BCUT2D eigenvalue weighted by Gasteiger charge is -2.51. The van der Waals surface area contributed by atoms with E-state index >= 15 is 0 Å². The summed E-state index contributed by atoms with van der Waals surface area (Å²) in [5.41, 5.74) is 0.147. The fourth-order valence-electron chi connectivity index (χ4n) is 3.60. The van der Waals surface area contributed by atoms with Gasteiger partial charge in [0.15, 0.2) is 0 Å². The van der Waals surface area contributed by atoms with E-state index in [1.807, 2.05) is 16.9 Å². The Morgan fingerprint density at radius 2 is 2.04 bits per heavy atom. The minimum absolute atomic E-state index is 0.147. The van der Waals surface area contributed by atoms with Crippen LogP contribution in [0, 0.1) is 5.41 Å². The number of halogens is 3. The number of nitrogens with zero attached hydrogens (tertiary/aromatic N) is 3. The number of alkyl halides is 3. The maximum absolute atomic E-state index is 12.5. The van der Waals surface area contributed by atoms with Gasteiger partial charge in [0.2, 0.25) is 6.10 Å². The molecule has 1 atom stereocenters. The van der Waals surface area contributed by atoms with E-state index in [0.717, 1.165) is 25.7 Å². The van der Waals surface area contributed by atoms with Crippen LogP contribution in [0.3, 0.4) is 0 Å². The van der Waals surface area contributed by atoms with Gasteiger partial charge < -0.3 is 14.7 Å². The summed E-state index contributed by atoms with van der Waals surface area (Å²) < 4.78 is 44.0. The second-order valence-corrected chi connectivity index (χ2v) is 6.63. The summed E-state index contributed by atoms with van der Waals surface area (Å²) in [7, 11) is 0. The summed E-state index contributed by atoms with van der Waals surface area (Å²) in [5, 5.41) is 13.0. The Labute approximate surface area is 137 Å². The van der Waals surface area contributed by atoms with Crippen LogP contribution in [0.25, 0.3) is 0 Å². The molecule has 0 unspecified atom stereocenters. The highest BCUT2D eigenvalue weighted by molar-refractivity contribution is 5.68. The Hall–Kier alpha value is -1.77. The molecule has 0 radical (unpaired) electrons. The van der Waals surface area contributed by atoms with Crippen molar-refractivity contribution in [3.63, 3.8) is 0 Å². The third kappa shape index (κ3) is 3.35. The highest BCUT2D eigenvalue weighted by atomic mass is 19.4. The first-order valence-corrected chi connectivity index (χ1v) is 7.95. The van der Waals surface area contributed by atoms with Gasteiger partial charge in [0.1, 0.15) is 0 Å². The normalized spacial score (nSPS) is 22.2. The molecule has 2 aliphatic rings. The third-order valence-corrected chi connectivity index (χ3v) is 5.09. The second kappa shape index (κ2) is 6.27. The topological polar surface area (TPSA) is 67.6 Å². The number of rotatable bonds is 3. The Kier molecular flexibility index (Phi) is 4.46. The van der Waals surface area contributed by atoms with Crippen molar-refractivity contribution in [1.29, 1.82) is 0 Å². The maximum Gasteiger partial charge on any atom is 0.427 e. The van der Waals surface area contributed by atoms with E-state index in [-0.39, 0.29) is 5.41 Å². The summed E-state index contributed by atoms with van der Waals surface area (Å²) in [6, 6.07) is 2.24. The first kappa shape index (κ1) is 17.1. The SMILES string of the molecule is O=C(O[C@H](CO)C(F)(F)F)N1CCC2(CC1)CC(n1cccn1)C2. The van der Waals surface area contributed by atoms with Crippen molar-refractivity contribution in [2.24, 2.45) is 5.41 Å². The zero-order valence-electron chi connectivity index (χ0n) is 13.1. The molecule has 1 saturated carbocycles. The number of likely N-dealkylation sites (tertiary alicyclic amines) is 1. The van der Waals surface area contributed by atoms with Crippen molar-refractivity contribution < 1.29 is 27.8 Å². The van der Waals surface area contributed by atoms with Gasteiger partial charge in [-0.1, -0.05) is 0 Å². The molecule has 1 amide bonds. The van der Waals surface area contributed by atoms with Gasteiger partial charge in [-0.2, -0.15) is 18.3 Å². The number of hydrogen-bond acceptors (Lipinski definition) is 4. The largest absolute Gasteiger partial charge is 0.434 e. The lowest BCUT2D eigenvalue weighted by atomic mass is 9.60. The minimum atomic E-state index is -4.76. The number of piperidine rings is 1. The van der Waals surface area contributed by atoms with Crippen LogP contribution in [0.1, 0.15) is 31.7 Å². The number of hydrogen-bond donors (Lipinski definition) is 1. The van der Waals surface area contributed by atoms with E-state index < -0.39 is 25.0 Å². The number of ether oxygens (including phenoxy) is 1. The molecule has 1 aliphatic heterocycles. The summed E-state index contributed by atoms with van der Waals surface area (Å²) >= 11 is 0. The van der Waals surface area contributed by atoms with Crippen LogP contribution in [0.4, 0.5) is 18.0 Å². The lowest BCUT2D eigenvalue weighted by molar-refractivity contribution is -0.215. The van der Waals surface area contributed by atoms with E-state index in [4.69, 9.17) is 5.11 Å². The molecule has 9 heteroatoms. The molecule has 1 aromatic rings. The van der Waals surface area contributed by atoms with E-state index in [9.17, 15) is 18.0 Å². The Balaban J connectivity index is 1.48. The van der Waals surface area contributed by atoms with Crippen LogP contribution < -0.4 is 0 Å². The Bertz CT molecular complexity index is 560. The Morgan fingerprint density at radius 1 is 1.38 bits per heavy atom. The number of aliphatic hydroxyl groups is 1. The molecule has 1 aliphatic carbocycles. The predicted molar refractivity (Wildman–Crippen MR) is 77.1 cm³/mol. The van der Waals surface area contributed by atoms with Gasteiger partial charge >= 0.3 is 12.3 Å². The Morgan fingerprint density at radius 3 is 2.54 bits per heavy atom. The van der Waals surface area contributed by atoms with Crippen molar-refractivity contribution in [3.8, 4) is 0 Å². The van der Waals surface area contributed by atoms with E-state index in [1.165, 1.54) is 4.90 Å². The van der Waals surface area contributed by atoms with Crippen molar-refractivity contribution in [2.45, 2.75) is 44.0 Å². The number of carbonyl (C=O) groups is 1. The fraction of sp³-hybridized carbons (Fsp3) is 0.733. The van der Waals surface area contributed by atoms with Gasteiger partial charge in [-0.15, -0.1) is 0 Å². The van der Waals surface area contributed by atoms with Crippen LogP contribution in [0.5, 0.6) is 0 Å². The molecule has 1 aromatic heterocycles. The number of aliphatic hydroxyl groups excluding tert-OH is 1.